The molecule has 0 saturated heterocycles. The predicted molar refractivity (Wildman–Crippen MR) is 133 cm³/mol. The summed E-state index contributed by atoms with van der Waals surface area (Å²) in [6, 6.07) is 11.6. The van der Waals surface area contributed by atoms with Crippen LogP contribution in [0.5, 0.6) is 5.75 Å². The molecule has 0 bridgehead atoms. The van der Waals surface area contributed by atoms with Gasteiger partial charge in [0.2, 0.25) is 0 Å². The monoisotopic (exact) mass is 465 g/mol. The van der Waals surface area contributed by atoms with Crippen molar-refractivity contribution in [1.29, 1.82) is 0 Å². The molecule has 1 saturated carbocycles. The molecule has 5 rings (SSSR count). The number of aryl methyl sites for hydroxylation is 1. The van der Waals surface area contributed by atoms with Gasteiger partial charge in [0.1, 0.15) is 5.75 Å². The van der Waals surface area contributed by atoms with Crippen molar-refractivity contribution < 1.29 is 14.6 Å². The van der Waals surface area contributed by atoms with Gasteiger partial charge in [-0.1, -0.05) is 23.7 Å². The lowest BCUT2D eigenvalue weighted by Gasteiger charge is -2.44. The summed E-state index contributed by atoms with van der Waals surface area (Å²) in [5.74, 6) is 1.23. The molecule has 33 heavy (non-hydrogen) atoms. The number of anilines is 1. The van der Waals surface area contributed by atoms with Gasteiger partial charge in [-0.3, -0.25) is 0 Å². The van der Waals surface area contributed by atoms with Crippen molar-refractivity contribution in [1.82, 2.24) is 0 Å². The number of allylic oxidation sites excluding steroid dienone is 1. The maximum atomic E-state index is 11.7. The molecule has 1 heterocycles. The Morgan fingerprint density at radius 2 is 2.09 bits per heavy atom. The molecule has 0 radical (unpaired) electrons. The normalized spacial score (nSPS) is 25.9. The van der Waals surface area contributed by atoms with Crippen LogP contribution in [0.25, 0.3) is 0 Å². The van der Waals surface area contributed by atoms with Crippen LogP contribution in [0.1, 0.15) is 60.0 Å². The minimum Gasteiger partial charge on any atom is -0.490 e. The Bertz CT molecular complexity index is 1070. The SMILES string of the molecule is C=CCC[C@@H]1CC[C@H]1CN1CC2(CCCc3cc(Cl)ccc32)COc2ccc(C(=O)O)cc21. The third kappa shape index (κ3) is 4.26. The third-order valence-electron chi connectivity index (χ3n) is 8.06. The molecule has 5 heteroatoms. The zero-order valence-electron chi connectivity index (χ0n) is 19.1. The van der Waals surface area contributed by atoms with Crippen LogP contribution in [-0.2, 0) is 11.8 Å². The maximum absolute atomic E-state index is 11.7. The summed E-state index contributed by atoms with van der Waals surface area (Å²) in [6.07, 6.45) is 9.97. The fourth-order valence-corrected chi connectivity index (χ4v) is 6.32. The molecule has 0 aromatic heterocycles. The quantitative estimate of drug-likeness (QED) is 0.494. The Hall–Kier alpha value is -2.46. The standard InChI is InChI=1S/C28H32ClNO3/c1-2-3-5-19-7-8-22(19)16-30-17-28(13-4-6-20-14-23(29)10-11-24(20)28)18-33-26-12-9-21(27(31)32)15-25(26)30/h2,9-12,14-15,19,22H,1,3-8,13,16-18H2,(H,31,32)/t19-,22+,28?/m1/s1. The zero-order chi connectivity index (χ0) is 23.0. The average Bonchev–Trinajstić information content (AvgIpc) is 2.94. The van der Waals surface area contributed by atoms with Gasteiger partial charge in [-0.2, -0.15) is 0 Å². The number of carbonyl (C=O) groups is 1. The molecule has 2 aromatic rings. The maximum Gasteiger partial charge on any atom is 0.335 e. The number of hydrogen-bond donors (Lipinski definition) is 1. The highest BCUT2D eigenvalue weighted by molar-refractivity contribution is 6.30. The van der Waals surface area contributed by atoms with Crippen LogP contribution in [0.2, 0.25) is 5.02 Å². The minimum absolute atomic E-state index is 0.124. The number of rotatable bonds is 6. The number of ether oxygens (including phenoxy) is 1. The van der Waals surface area contributed by atoms with E-state index in [0.717, 1.165) is 55.2 Å². The van der Waals surface area contributed by atoms with E-state index >= 15 is 0 Å². The fraction of sp³-hybridized carbons (Fsp3) is 0.464. The summed E-state index contributed by atoms with van der Waals surface area (Å²) in [5, 5.41) is 10.4. The van der Waals surface area contributed by atoms with Gasteiger partial charge in [0.15, 0.2) is 0 Å². The van der Waals surface area contributed by atoms with Crippen LogP contribution in [0.15, 0.2) is 49.1 Å². The number of fused-ring (bicyclic) bond motifs is 3. The second-order valence-corrected chi connectivity index (χ2v) is 10.5. The zero-order valence-corrected chi connectivity index (χ0v) is 19.8. The van der Waals surface area contributed by atoms with Crippen molar-refractivity contribution in [2.45, 2.75) is 50.4 Å². The van der Waals surface area contributed by atoms with Crippen LogP contribution >= 0.6 is 11.6 Å². The van der Waals surface area contributed by atoms with Crippen molar-refractivity contribution in [2.24, 2.45) is 11.8 Å². The van der Waals surface area contributed by atoms with Crippen LogP contribution in [-0.4, -0.2) is 30.8 Å². The van der Waals surface area contributed by atoms with Crippen LogP contribution in [0, 0.1) is 11.8 Å². The van der Waals surface area contributed by atoms with Crippen LogP contribution in [0.3, 0.4) is 0 Å². The highest BCUT2D eigenvalue weighted by atomic mass is 35.5. The molecular weight excluding hydrogens is 434 g/mol. The summed E-state index contributed by atoms with van der Waals surface area (Å²) in [6.45, 7) is 6.26. The molecule has 1 N–H and O–H groups in total. The molecule has 1 spiro atoms. The van der Waals surface area contributed by atoms with Gasteiger partial charge in [0, 0.05) is 23.5 Å². The van der Waals surface area contributed by atoms with E-state index in [1.165, 1.54) is 30.4 Å². The van der Waals surface area contributed by atoms with Gasteiger partial charge in [-0.25, -0.2) is 4.79 Å². The molecule has 174 valence electrons. The Morgan fingerprint density at radius 1 is 1.24 bits per heavy atom. The molecular formula is C28H32ClNO3. The lowest BCUT2D eigenvalue weighted by molar-refractivity contribution is 0.0697. The van der Waals surface area contributed by atoms with E-state index in [4.69, 9.17) is 16.3 Å². The lowest BCUT2D eigenvalue weighted by Crippen LogP contribution is -2.48. The highest BCUT2D eigenvalue weighted by Gasteiger charge is 2.43. The molecule has 2 aromatic carbocycles. The molecule has 4 nitrogen and oxygen atoms in total. The van der Waals surface area contributed by atoms with Gasteiger partial charge < -0.3 is 14.7 Å². The van der Waals surface area contributed by atoms with Crippen molar-refractivity contribution in [2.75, 3.05) is 24.6 Å². The van der Waals surface area contributed by atoms with E-state index < -0.39 is 5.97 Å². The van der Waals surface area contributed by atoms with Gasteiger partial charge in [-0.05, 0) is 98.2 Å². The van der Waals surface area contributed by atoms with E-state index in [-0.39, 0.29) is 5.41 Å². The number of halogens is 1. The smallest absolute Gasteiger partial charge is 0.335 e. The Balaban J connectivity index is 1.52. The second-order valence-electron chi connectivity index (χ2n) is 10.1. The number of hydrogen-bond acceptors (Lipinski definition) is 3. The summed E-state index contributed by atoms with van der Waals surface area (Å²) >= 11 is 6.33. The number of aromatic carboxylic acids is 1. The van der Waals surface area contributed by atoms with Crippen molar-refractivity contribution >= 4 is 23.3 Å². The third-order valence-corrected chi connectivity index (χ3v) is 8.29. The lowest BCUT2D eigenvalue weighted by atomic mass is 9.69. The molecule has 1 unspecified atom stereocenters. The largest absolute Gasteiger partial charge is 0.490 e. The molecule has 0 amide bonds. The fourth-order valence-electron chi connectivity index (χ4n) is 6.12. The Morgan fingerprint density at radius 3 is 2.85 bits per heavy atom. The first kappa shape index (κ1) is 22.3. The summed E-state index contributed by atoms with van der Waals surface area (Å²) in [5.41, 5.74) is 3.77. The molecule has 3 atom stereocenters. The van der Waals surface area contributed by atoms with E-state index in [1.807, 2.05) is 18.2 Å². The second kappa shape index (κ2) is 9.06. The van der Waals surface area contributed by atoms with Crippen molar-refractivity contribution in [3.8, 4) is 5.75 Å². The van der Waals surface area contributed by atoms with E-state index in [1.54, 1.807) is 12.1 Å². The van der Waals surface area contributed by atoms with Crippen LogP contribution in [0.4, 0.5) is 5.69 Å². The molecule has 2 aliphatic carbocycles. The Kier molecular flexibility index (Phi) is 6.13. The number of benzene rings is 2. The summed E-state index contributed by atoms with van der Waals surface area (Å²) in [4.78, 5) is 14.2. The van der Waals surface area contributed by atoms with Gasteiger partial charge in [0.25, 0.3) is 0 Å². The van der Waals surface area contributed by atoms with Crippen molar-refractivity contribution in [3.63, 3.8) is 0 Å². The molecule has 1 aliphatic heterocycles. The van der Waals surface area contributed by atoms with Gasteiger partial charge in [0.05, 0.1) is 17.9 Å². The first-order valence-corrected chi connectivity index (χ1v) is 12.5. The predicted octanol–water partition coefficient (Wildman–Crippen LogP) is 6.50. The first-order chi connectivity index (χ1) is 16.0. The molecule has 1 fully saturated rings. The topological polar surface area (TPSA) is 49.8 Å². The average molecular weight is 466 g/mol. The number of carboxylic acid groups (broad SMARTS) is 1. The number of nitrogens with zero attached hydrogens (tertiary/aromatic N) is 1. The minimum atomic E-state index is -0.901. The summed E-state index contributed by atoms with van der Waals surface area (Å²) in [7, 11) is 0. The summed E-state index contributed by atoms with van der Waals surface area (Å²) < 4.78 is 6.44. The van der Waals surface area contributed by atoms with Gasteiger partial charge in [-0.15, -0.1) is 6.58 Å². The van der Waals surface area contributed by atoms with E-state index in [9.17, 15) is 9.90 Å². The van der Waals surface area contributed by atoms with E-state index in [2.05, 4.69) is 23.6 Å². The van der Waals surface area contributed by atoms with Crippen LogP contribution < -0.4 is 9.64 Å². The Labute approximate surface area is 201 Å². The van der Waals surface area contributed by atoms with Crippen molar-refractivity contribution in [3.05, 3.63) is 70.8 Å². The van der Waals surface area contributed by atoms with E-state index in [0.29, 0.717) is 24.0 Å². The highest BCUT2D eigenvalue weighted by Crippen LogP contribution is 2.46. The number of carboxylic acids is 1. The van der Waals surface area contributed by atoms with Gasteiger partial charge >= 0.3 is 5.97 Å². The molecule has 3 aliphatic rings. The first-order valence-electron chi connectivity index (χ1n) is 12.1.